The molecule has 0 saturated heterocycles. The molecule has 5 N–H and O–H groups in total. The molecular weight excluding hydrogens is 266 g/mol. The van der Waals surface area contributed by atoms with Gasteiger partial charge in [0.2, 0.25) is 17.8 Å². The summed E-state index contributed by atoms with van der Waals surface area (Å²) >= 11 is 0. The fourth-order valence-corrected chi connectivity index (χ4v) is 1.21. The SMILES string of the molecule is CCOc1nc(NN)nc(NCC(=O)NCCOC)n1. The number of carbonyl (C=O) groups excluding carboxylic acids is 1. The Labute approximate surface area is 116 Å². The number of carbonyl (C=O) groups is 1. The van der Waals surface area contributed by atoms with Gasteiger partial charge in [-0.25, -0.2) is 5.84 Å². The Bertz CT molecular complexity index is 429. The topological polar surface area (TPSA) is 136 Å². The molecule has 0 aliphatic heterocycles. The van der Waals surface area contributed by atoms with Gasteiger partial charge in [0, 0.05) is 13.7 Å². The number of hydrogen-bond donors (Lipinski definition) is 4. The molecule has 20 heavy (non-hydrogen) atoms. The quantitative estimate of drug-likeness (QED) is 0.248. The number of methoxy groups -OCH3 is 1. The zero-order valence-corrected chi connectivity index (χ0v) is 11.5. The van der Waals surface area contributed by atoms with Crippen LogP contribution in [0, 0.1) is 0 Å². The molecule has 0 aliphatic rings. The van der Waals surface area contributed by atoms with Crippen molar-refractivity contribution < 1.29 is 14.3 Å². The molecule has 10 nitrogen and oxygen atoms in total. The number of rotatable bonds is 9. The molecule has 0 fully saturated rings. The zero-order valence-electron chi connectivity index (χ0n) is 11.5. The van der Waals surface area contributed by atoms with Crippen molar-refractivity contribution in [3.8, 4) is 6.01 Å². The summed E-state index contributed by atoms with van der Waals surface area (Å²) in [5, 5.41) is 5.41. The Balaban J connectivity index is 2.53. The van der Waals surface area contributed by atoms with Gasteiger partial charge in [-0.1, -0.05) is 0 Å². The maximum atomic E-state index is 11.5. The molecule has 1 rings (SSSR count). The average molecular weight is 285 g/mol. The van der Waals surface area contributed by atoms with Crippen molar-refractivity contribution in [2.45, 2.75) is 6.92 Å². The van der Waals surface area contributed by atoms with Crippen LogP contribution in [0.1, 0.15) is 6.92 Å². The van der Waals surface area contributed by atoms with Crippen LogP contribution in [0.5, 0.6) is 6.01 Å². The number of amides is 1. The van der Waals surface area contributed by atoms with Gasteiger partial charge in [-0.05, 0) is 6.92 Å². The number of nitrogens with one attached hydrogen (secondary N) is 3. The first kappa shape index (κ1) is 15.9. The largest absolute Gasteiger partial charge is 0.464 e. The lowest BCUT2D eigenvalue weighted by Gasteiger charge is -2.08. The minimum atomic E-state index is -0.206. The first-order chi connectivity index (χ1) is 9.69. The third-order valence-corrected chi connectivity index (χ3v) is 2.05. The summed E-state index contributed by atoms with van der Waals surface area (Å²) in [4.78, 5) is 23.3. The zero-order chi connectivity index (χ0) is 14.8. The van der Waals surface area contributed by atoms with Gasteiger partial charge in [0.05, 0.1) is 19.8 Å². The number of hydrazine groups is 1. The molecule has 0 saturated carbocycles. The standard InChI is InChI=1S/C10H19N7O3/c1-3-20-10-15-8(14-9(16-10)17-11)13-6-7(18)12-4-5-19-2/h3-6,11H2,1-2H3,(H,12,18)(H2,13,14,15,16,17). The number of hydrogen-bond acceptors (Lipinski definition) is 9. The van der Waals surface area contributed by atoms with Crippen LogP contribution in [-0.4, -0.2) is 54.3 Å². The van der Waals surface area contributed by atoms with Crippen LogP contribution in [0.4, 0.5) is 11.9 Å². The van der Waals surface area contributed by atoms with Gasteiger partial charge >= 0.3 is 6.01 Å². The van der Waals surface area contributed by atoms with Crippen molar-refractivity contribution in [1.82, 2.24) is 20.3 Å². The summed E-state index contributed by atoms with van der Waals surface area (Å²) in [5.74, 6) is 5.37. The normalized spacial score (nSPS) is 9.95. The lowest BCUT2D eigenvalue weighted by molar-refractivity contribution is -0.119. The molecule has 1 heterocycles. The fraction of sp³-hybridized carbons (Fsp3) is 0.600. The predicted octanol–water partition coefficient (Wildman–Crippen LogP) is -1.27. The second-order valence-corrected chi connectivity index (χ2v) is 3.54. The Morgan fingerprint density at radius 2 is 2.05 bits per heavy atom. The van der Waals surface area contributed by atoms with E-state index in [4.69, 9.17) is 15.3 Å². The third-order valence-electron chi connectivity index (χ3n) is 2.05. The summed E-state index contributed by atoms with van der Waals surface area (Å²) in [6.45, 7) is 3.12. The number of ether oxygens (including phenoxy) is 2. The van der Waals surface area contributed by atoms with Crippen LogP contribution < -0.4 is 26.6 Å². The monoisotopic (exact) mass is 285 g/mol. The van der Waals surface area contributed by atoms with E-state index in [1.165, 1.54) is 0 Å². The van der Waals surface area contributed by atoms with Crippen molar-refractivity contribution in [2.75, 3.05) is 44.2 Å². The van der Waals surface area contributed by atoms with Crippen LogP contribution in [0.3, 0.4) is 0 Å². The van der Waals surface area contributed by atoms with Crippen molar-refractivity contribution >= 4 is 17.8 Å². The number of aromatic nitrogens is 3. The summed E-state index contributed by atoms with van der Waals surface area (Å²) < 4.78 is 9.98. The van der Waals surface area contributed by atoms with Gasteiger partial charge in [0.25, 0.3) is 0 Å². The van der Waals surface area contributed by atoms with Gasteiger partial charge in [-0.3, -0.25) is 10.2 Å². The van der Waals surface area contributed by atoms with Crippen molar-refractivity contribution in [3.63, 3.8) is 0 Å². The van der Waals surface area contributed by atoms with E-state index in [2.05, 4.69) is 31.0 Å². The molecule has 0 bridgehead atoms. The second-order valence-electron chi connectivity index (χ2n) is 3.54. The molecule has 0 aliphatic carbocycles. The maximum absolute atomic E-state index is 11.5. The third kappa shape index (κ3) is 5.63. The van der Waals surface area contributed by atoms with E-state index in [9.17, 15) is 4.79 Å². The highest BCUT2D eigenvalue weighted by atomic mass is 16.5. The summed E-state index contributed by atoms with van der Waals surface area (Å²) in [6.07, 6.45) is 0. The smallest absolute Gasteiger partial charge is 0.323 e. The highest BCUT2D eigenvalue weighted by Crippen LogP contribution is 2.09. The lowest BCUT2D eigenvalue weighted by atomic mass is 10.5. The van der Waals surface area contributed by atoms with E-state index in [1.807, 2.05) is 0 Å². The number of nitrogen functional groups attached to an aromatic ring is 1. The first-order valence-corrected chi connectivity index (χ1v) is 6.04. The molecule has 0 radical (unpaired) electrons. The average Bonchev–Trinajstić information content (AvgIpc) is 2.45. The van der Waals surface area contributed by atoms with E-state index in [0.717, 1.165) is 0 Å². The highest BCUT2D eigenvalue weighted by Gasteiger charge is 2.08. The predicted molar refractivity (Wildman–Crippen MR) is 72.2 cm³/mol. The minimum absolute atomic E-state index is 0.0172. The molecule has 0 unspecified atom stereocenters. The number of nitrogens with zero attached hydrogens (tertiary/aromatic N) is 3. The number of nitrogens with two attached hydrogens (primary N) is 1. The lowest BCUT2D eigenvalue weighted by Crippen LogP contribution is -2.32. The molecule has 0 atom stereocenters. The Morgan fingerprint density at radius 1 is 1.30 bits per heavy atom. The van der Waals surface area contributed by atoms with Gasteiger partial charge < -0.3 is 20.1 Å². The van der Waals surface area contributed by atoms with Crippen LogP contribution in [-0.2, 0) is 9.53 Å². The van der Waals surface area contributed by atoms with Crippen LogP contribution in [0.25, 0.3) is 0 Å². The van der Waals surface area contributed by atoms with Gasteiger partial charge in [0.15, 0.2) is 0 Å². The van der Waals surface area contributed by atoms with E-state index in [-0.39, 0.29) is 30.4 Å². The van der Waals surface area contributed by atoms with E-state index < -0.39 is 0 Å². The Kier molecular flexibility index (Phi) is 7.00. The minimum Gasteiger partial charge on any atom is -0.464 e. The van der Waals surface area contributed by atoms with Crippen LogP contribution in [0.2, 0.25) is 0 Å². The molecule has 10 heteroatoms. The molecule has 0 aromatic carbocycles. The van der Waals surface area contributed by atoms with Gasteiger partial charge in [-0.2, -0.15) is 15.0 Å². The summed E-state index contributed by atoms with van der Waals surface area (Å²) in [5.41, 5.74) is 2.30. The maximum Gasteiger partial charge on any atom is 0.323 e. The molecule has 1 amide bonds. The summed E-state index contributed by atoms with van der Waals surface area (Å²) in [7, 11) is 1.56. The second kappa shape index (κ2) is 8.82. The first-order valence-electron chi connectivity index (χ1n) is 6.04. The molecule has 1 aromatic heterocycles. The van der Waals surface area contributed by atoms with Crippen molar-refractivity contribution in [2.24, 2.45) is 5.84 Å². The van der Waals surface area contributed by atoms with Crippen LogP contribution >= 0.6 is 0 Å². The van der Waals surface area contributed by atoms with Crippen molar-refractivity contribution in [1.29, 1.82) is 0 Å². The van der Waals surface area contributed by atoms with Crippen LogP contribution in [0.15, 0.2) is 0 Å². The molecule has 1 aromatic rings. The fourth-order valence-electron chi connectivity index (χ4n) is 1.21. The van der Waals surface area contributed by atoms with Crippen molar-refractivity contribution in [3.05, 3.63) is 0 Å². The molecule has 0 spiro atoms. The van der Waals surface area contributed by atoms with E-state index in [1.54, 1.807) is 14.0 Å². The summed E-state index contributed by atoms with van der Waals surface area (Å²) in [6, 6.07) is 0.123. The Morgan fingerprint density at radius 3 is 2.70 bits per heavy atom. The van der Waals surface area contributed by atoms with Gasteiger partial charge in [0.1, 0.15) is 0 Å². The van der Waals surface area contributed by atoms with E-state index >= 15 is 0 Å². The Hall–Kier alpha value is -2.20. The van der Waals surface area contributed by atoms with E-state index in [0.29, 0.717) is 19.8 Å². The van der Waals surface area contributed by atoms with Gasteiger partial charge in [-0.15, -0.1) is 0 Å². The molecule has 112 valence electrons. The number of anilines is 2. The highest BCUT2D eigenvalue weighted by molar-refractivity contribution is 5.80. The molecular formula is C10H19N7O3.